The van der Waals surface area contributed by atoms with Crippen molar-refractivity contribution >= 4 is 11.0 Å². The molecule has 0 saturated carbocycles. The SMILES string of the molecule is COc1cc(O)c2c(=O)c(O[C@@H]3O[C@H](CO)[C@@H](O[C@@H]4O[C@H](CO)[C@@H](O)[C@H](O)[C@H]4O)[C@H](O)[C@H]3O)c(-c3ccc(O)cc3)oc2c1. The number of aliphatic hydroxyl groups excluding tert-OH is 7. The Hall–Kier alpha value is -3.55. The summed E-state index contributed by atoms with van der Waals surface area (Å²) in [5.74, 6) is -1.20. The maximum atomic E-state index is 13.7. The largest absolute Gasteiger partial charge is 0.508 e. The van der Waals surface area contributed by atoms with E-state index in [9.17, 15) is 50.8 Å². The van der Waals surface area contributed by atoms with Gasteiger partial charge in [-0.15, -0.1) is 0 Å². The van der Waals surface area contributed by atoms with Crippen molar-refractivity contribution in [2.75, 3.05) is 20.3 Å². The average molecular weight is 625 g/mol. The van der Waals surface area contributed by atoms with Crippen molar-refractivity contribution in [1.29, 1.82) is 0 Å². The second kappa shape index (κ2) is 12.8. The predicted octanol–water partition coefficient (Wildman–Crippen LogP) is -2.12. The molecule has 10 atom stereocenters. The van der Waals surface area contributed by atoms with Gasteiger partial charge in [0.25, 0.3) is 0 Å². The fourth-order valence-electron chi connectivity index (χ4n) is 5.05. The van der Waals surface area contributed by atoms with Crippen LogP contribution in [0.3, 0.4) is 0 Å². The highest BCUT2D eigenvalue weighted by Gasteiger charge is 2.51. The molecule has 2 aromatic carbocycles. The first-order chi connectivity index (χ1) is 21.0. The molecule has 9 N–H and O–H groups in total. The van der Waals surface area contributed by atoms with Crippen LogP contribution in [-0.4, -0.2) is 128 Å². The van der Waals surface area contributed by atoms with Gasteiger partial charge >= 0.3 is 0 Å². The molecule has 2 aliphatic rings. The van der Waals surface area contributed by atoms with Gasteiger partial charge in [0.2, 0.25) is 17.5 Å². The van der Waals surface area contributed by atoms with E-state index in [1.165, 1.54) is 43.5 Å². The lowest BCUT2D eigenvalue weighted by Crippen LogP contribution is -2.65. The Kier molecular flexibility index (Phi) is 9.28. The summed E-state index contributed by atoms with van der Waals surface area (Å²) in [5, 5.41) is 91.8. The first-order valence-corrected chi connectivity index (χ1v) is 13.4. The Morgan fingerprint density at radius 3 is 2.07 bits per heavy atom. The fourth-order valence-corrected chi connectivity index (χ4v) is 5.05. The normalized spacial score (nSPS) is 32.5. The zero-order valence-corrected chi connectivity index (χ0v) is 23.0. The number of fused-ring (bicyclic) bond motifs is 1. The van der Waals surface area contributed by atoms with E-state index in [0.29, 0.717) is 0 Å². The zero-order chi connectivity index (χ0) is 31.9. The molecule has 44 heavy (non-hydrogen) atoms. The molecule has 3 aromatic rings. The van der Waals surface area contributed by atoms with E-state index in [2.05, 4.69) is 0 Å². The molecule has 240 valence electrons. The number of rotatable bonds is 8. The summed E-state index contributed by atoms with van der Waals surface area (Å²) < 4.78 is 33.3. The van der Waals surface area contributed by atoms with Crippen molar-refractivity contribution < 1.29 is 74.1 Å². The first kappa shape index (κ1) is 31.9. The predicted molar refractivity (Wildman–Crippen MR) is 145 cm³/mol. The molecule has 0 radical (unpaired) electrons. The summed E-state index contributed by atoms with van der Waals surface area (Å²) in [7, 11) is 1.34. The molecule has 2 saturated heterocycles. The Morgan fingerprint density at radius 2 is 1.43 bits per heavy atom. The van der Waals surface area contributed by atoms with E-state index in [1.54, 1.807) is 0 Å². The molecule has 0 aliphatic carbocycles. The molecule has 2 fully saturated rings. The number of aromatic hydroxyl groups is 2. The third-order valence-electron chi connectivity index (χ3n) is 7.47. The van der Waals surface area contributed by atoms with Crippen molar-refractivity contribution in [2.24, 2.45) is 0 Å². The van der Waals surface area contributed by atoms with E-state index in [-0.39, 0.29) is 33.8 Å². The third kappa shape index (κ3) is 5.80. The lowest BCUT2D eigenvalue weighted by atomic mass is 9.97. The molecule has 16 nitrogen and oxygen atoms in total. The van der Waals surface area contributed by atoms with Crippen LogP contribution in [0.1, 0.15) is 0 Å². The number of hydrogen-bond acceptors (Lipinski definition) is 16. The summed E-state index contributed by atoms with van der Waals surface area (Å²) in [4.78, 5) is 13.7. The lowest BCUT2D eigenvalue weighted by molar-refractivity contribution is -0.352. The van der Waals surface area contributed by atoms with Gasteiger partial charge in [-0.2, -0.15) is 0 Å². The van der Waals surface area contributed by atoms with Crippen LogP contribution >= 0.6 is 0 Å². The van der Waals surface area contributed by atoms with Gasteiger partial charge in [0.1, 0.15) is 77.0 Å². The topological polar surface area (TPSA) is 258 Å². The van der Waals surface area contributed by atoms with E-state index in [0.717, 1.165) is 0 Å². The van der Waals surface area contributed by atoms with Crippen molar-refractivity contribution in [1.82, 2.24) is 0 Å². The molecular weight excluding hydrogens is 592 g/mol. The van der Waals surface area contributed by atoms with Crippen molar-refractivity contribution in [2.45, 2.75) is 61.4 Å². The standard InChI is InChI=1S/C28H32O16/c1-39-12-6-13(32)17-14(7-12)40-24(10-2-4-11(31)5-3-10)26(19(17)34)44-28-23(38)21(36)25(16(9-30)42-28)43-27-22(37)20(35)18(33)15(8-29)41-27/h2-7,15-16,18,20-23,25,27-33,35-38H,8-9H2,1H3/t15-,16-,18-,20+,21-,22-,23-,25-,27+,28+/m1/s1. The van der Waals surface area contributed by atoms with Crippen LogP contribution in [0.15, 0.2) is 45.6 Å². The number of hydrogen-bond donors (Lipinski definition) is 9. The third-order valence-corrected chi connectivity index (χ3v) is 7.47. The molecule has 1 aromatic heterocycles. The highest BCUT2D eigenvalue weighted by Crippen LogP contribution is 2.38. The number of aliphatic hydroxyl groups is 7. The zero-order valence-electron chi connectivity index (χ0n) is 23.0. The van der Waals surface area contributed by atoms with E-state index >= 15 is 0 Å². The van der Waals surface area contributed by atoms with Crippen LogP contribution in [0, 0.1) is 0 Å². The summed E-state index contributed by atoms with van der Waals surface area (Å²) in [6.07, 6.45) is -17.2. The maximum Gasteiger partial charge on any atom is 0.239 e. The van der Waals surface area contributed by atoms with E-state index in [4.69, 9.17) is 28.1 Å². The smallest absolute Gasteiger partial charge is 0.239 e. The highest BCUT2D eigenvalue weighted by molar-refractivity contribution is 5.88. The second-order valence-electron chi connectivity index (χ2n) is 10.3. The molecule has 5 rings (SSSR count). The number of phenols is 2. The number of methoxy groups -OCH3 is 1. The van der Waals surface area contributed by atoms with Gasteiger partial charge in [-0.1, -0.05) is 0 Å². The molecule has 0 spiro atoms. The quantitative estimate of drug-likeness (QED) is 0.130. The summed E-state index contributed by atoms with van der Waals surface area (Å²) in [6, 6.07) is 7.94. The molecule has 0 bridgehead atoms. The van der Waals surface area contributed by atoms with E-state index in [1.807, 2.05) is 0 Å². The van der Waals surface area contributed by atoms with Crippen LogP contribution in [-0.2, 0) is 14.2 Å². The Balaban J connectivity index is 1.48. The number of ether oxygens (including phenoxy) is 5. The monoisotopic (exact) mass is 624 g/mol. The van der Waals surface area contributed by atoms with Crippen molar-refractivity contribution in [3.05, 3.63) is 46.6 Å². The van der Waals surface area contributed by atoms with Gasteiger partial charge in [-0.05, 0) is 24.3 Å². The van der Waals surface area contributed by atoms with Gasteiger partial charge in [-0.3, -0.25) is 4.79 Å². The van der Waals surface area contributed by atoms with Crippen molar-refractivity contribution in [3.63, 3.8) is 0 Å². The van der Waals surface area contributed by atoms with Crippen LogP contribution in [0.2, 0.25) is 0 Å². The minimum atomic E-state index is -1.97. The minimum Gasteiger partial charge on any atom is -0.508 e. The Bertz CT molecular complexity index is 1500. The number of benzene rings is 2. The summed E-state index contributed by atoms with van der Waals surface area (Å²) >= 11 is 0. The van der Waals surface area contributed by atoms with Crippen molar-refractivity contribution in [3.8, 4) is 34.3 Å². The first-order valence-electron chi connectivity index (χ1n) is 13.4. The summed E-state index contributed by atoms with van der Waals surface area (Å²) in [6.45, 7) is -1.60. The van der Waals surface area contributed by atoms with Gasteiger partial charge < -0.3 is 74.1 Å². The van der Waals surface area contributed by atoms with Gasteiger partial charge in [0.15, 0.2) is 12.1 Å². The van der Waals surface area contributed by atoms with Crippen LogP contribution < -0.4 is 14.9 Å². The molecule has 0 amide bonds. The lowest BCUT2D eigenvalue weighted by Gasteiger charge is -2.45. The van der Waals surface area contributed by atoms with Gasteiger partial charge in [0, 0.05) is 17.7 Å². The second-order valence-corrected chi connectivity index (χ2v) is 10.3. The maximum absolute atomic E-state index is 13.7. The average Bonchev–Trinajstić information content (AvgIpc) is 3.01. The van der Waals surface area contributed by atoms with Gasteiger partial charge in [-0.25, -0.2) is 0 Å². The molecule has 16 heteroatoms. The fraction of sp³-hybridized carbons (Fsp3) is 0.464. The van der Waals surface area contributed by atoms with Crippen LogP contribution in [0.4, 0.5) is 0 Å². The summed E-state index contributed by atoms with van der Waals surface area (Å²) in [5.41, 5.74) is -0.763. The Morgan fingerprint density at radius 1 is 0.795 bits per heavy atom. The molecule has 3 heterocycles. The molecular formula is C28H32O16. The molecule has 0 unspecified atom stereocenters. The molecule has 2 aliphatic heterocycles. The Labute approximate surface area is 248 Å². The van der Waals surface area contributed by atoms with E-state index < -0.39 is 91.6 Å². The van der Waals surface area contributed by atoms with Gasteiger partial charge in [0.05, 0.1) is 20.3 Å². The minimum absolute atomic E-state index is 0.0892. The highest BCUT2D eigenvalue weighted by atomic mass is 16.7. The van der Waals surface area contributed by atoms with Crippen LogP contribution in [0.25, 0.3) is 22.3 Å². The number of phenolic OH excluding ortho intramolecular Hbond substituents is 2. The van der Waals surface area contributed by atoms with Crippen LogP contribution in [0.5, 0.6) is 23.0 Å².